The lowest BCUT2D eigenvalue weighted by atomic mass is 9.98. The van der Waals surface area contributed by atoms with Crippen molar-refractivity contribution in [2.24, 2.45) is 0 Å². The SMILES string of the molecule is CCNCCOc1ccc(-n2c(O)nnc2-c2cc(C(C)C)c(O)cc2O)cc1. The zero-order valence-electron chi connectivity index (χ0n) is 16.8. The lowest BCUT2D eigenvalue weighted by molar-refractivity contribution is 0.315. The average molecular weight is 398 g/mol. The van der Waals surface area contributed by atoms with Crippen LogP contribution in [0, 0.1) is 0 Å². The van der Waals surface area contributed by atoms with E-state index < -0.39 is 0 Å². The molecule has 0 fully saturated rings. The topological polar surface area (TPSA) is 113 Å². The first-order chi connectivity index (χ1) is 13.9. The molecular formula is C21H26N4O4. The van der Waals surface area contributed by atoms with Crippen molar-refractivity contribution in [3.05, 3.63) is 42.0 Å². The lowest BCUT2D eigenvalue weighted by Gasteiger charge is -2.14. The number of phenolic OH excluding ortho intramolecular Hbond substituents is 2. The Labute approximate surface area is 169 Å². The number of nitrogens with zero attached hydrogens (tertiary/aromatic N) is 3. The van der Waals surface area contributed by atoms with E-state index in [-0.39, 0.29) is 29.3 Å². The second-order valence-corrected chi connectivity index (χ2v) is 6.94. The van der Waals surface area contributed by atoms with E-state index >= 15 is 0 Å². The van der Waals surface area contributed by atoms with Gasteiger partial charge in [-0.05, 0) is 48.4 Å². The van der Waals surface area contributed by atoms with Gasteiger partial charge in [-0.1, -0.05) is 25.9 Å². The van der Waals surface area contributed by atoms with Gasteiger partial charge in [0.25, 0.3) is 0 Å². The van der Waals surface area contributed by atoms with Crippen LogP contribution >= 0.6 is 0 Å². The number of likely N-dealkylation sites (N-methyl/N-ethyl adjacent to an activating group) is 1. The second-order valence-electron chi connectivity index (χ2n) is 6.94. The maximum absolute atomic E-state index is 10.4. The number of hydrogen-bond acceptors (Lipinski definition) is 7. The maximum Gasteiger partial charge on any atom is 0.319 e. The van der Waals surface area contributed by atoms with Gasteiger partial charge in [0.05, 0.1) is 11.3 Å². The summed E-state index contributed by atoms with van der Waals surface area (Å²) >= 11 is 0. The Bertz CT molecular complexity index is 968. The summed E-state index contributed by atoms with van der Waals surface area (Å²) in [6, 6.07) is 9.77. The lowest BCUT2D eigenvalue weighted by Crippen LogP contribution is -2.20. The number of nitrogens with one attached hydrogen (secondary N) is 1. The van der Waals surface area contributed by atoms with Gasteiger partial charge in [0, 0.05) is 12.6 Å². The monoisotopic (exact) mass is 398 g/mol. The fourth-order valence-electron chi connectivity index (χ4n) is 3.03. The Kier molecular flexibility index (Phi) is 6.23. The van der Waals surface area contributed by atoms with Crippen molar-refractivity contribution in [1.82, 2.24) is 20.1 Å². The number of hydrogen-bond donors (Lipinski definition) is 4. The molecule has 8 heteroatoms. The normalized spacial score (nSPS) is 11.2. The molecule has 29 heavy (non-hydrogen) atoms. The molecule has 1 heterocycles. The van der Waals surface area contributed by atoms with Crippen molar-refractivity contribution < 1.29 is 20.1 Å². The first-order valence-electron chi connectivity index (χ1n) is 9.57. The molecule has 0 aliphatic rings. The summed E-state index contributed by atoms with van der Waals surface area (Å²) in [7, 11) is 0. The zero-order valence-corrected chi connectivity index (χ0v) is 16.8. The van der Waals surface area contributed by atoms with Crippen LogP contribution in [0.15, 0.2) is 36.4 Å². The van der Waals surface area contributed by atoms with Crippen LogP contribution in [0.5, 0.6) is 23.3 Å². The Balaban J connectivity index is 1.94. The summed E-state index contributed by atoms with van der Waals surface area (Å²) in [6.45, 7) is 8.11. The van der Waals surface area contributed by atoms with Crippen LogP contribution in [0.4, 0.5) is 0 Å². The van der Waals surface area contributed by atoms with Gasteiger partial charge in [-0.15, -0.1) is 5.10 Å². The van der Waals surface area contributed by atoms with Gasteiger partial charge in [0.15, 0.2) is 5.82 Å². The van der Waals surface area contributed by atoms with Crippen LogP contribution < -0.4 is 10.1 Å². The van der Waals surface area contributed by atoms with Crippen LogP contribution in [0.2, 0.25) is 0 Å². The molecular weight excluding hydrogens is 372 g/mol. The zero-order chi connectivity index (χ0) is 21.0. The van der Waals surface area contributed by atoms with E-state index in [9.17, 15) is 15.3 Å². The van der Waals surface area contributed by atoms with Gasteiger partial charge in [0.1, 0.15) is 23.9 Å². The van der Waals surface area contributed by atoms with Crippen LogP contribution in [-0.2, 0) is 0 Å². The van der Waals surface area contributed by atoms with E-state index in [2.05, 4.69) is 15.5 Å². The largest absolute Gasteiger partial charge is 0.508 e. The number of ether oxygens (including phenoxy) is 1. The first kappa shape index (κ1) is 20.5. The maximum atomic E-state index is 10.4. The molecule has 0 aliphatic heterocycles. The van der Waals surface area contributed by atoms with Gasteiger partial charge >= 0.3 is 6.01 Å². The van der Waals surface area contributed by atoms with Crippen molar-refractivity contribution in [3.8, 4) is 40.3 Å². The summed E-state index contributed by atoms with van der Waals surface area (Å²) in [6.07, 6.45) is 0. The Morgan fingerprint density at radius 2 is 1.76 bits per heavy atom. The molecule has 8 nitrogen and oxygen atoms in total. The van der Waals surface area contributed by atoms with Gasteiger partial charge in [0.2, 0.25) is 0 Å². The molecule has 3 aromatic rings. The molecule has 0 saturated heterocycles. The molecule has 0 bridgehead atoms. The van der Waals surface area contributed by atoms with Gasteiger partial charge in [-0.2, -0.15) is 0 Å². The van der Waals surface area contributed by atoms with Crippen LogP contribution in [-0.4, -0.2) is 49.8 Å². The van der Waals surface area contributed by atoms with E-state index in [1.165, 1.54) is 10.6 Å². The summed E-state index contributed by atoms with van der Waals surface area (Å²) < 4.78 is 7.10. The van der Waals surface area contributed by atoms with E-state index in [0.29, 0.717) is 29.2 Å². The minimum atomic E-state index is -0.306. The quantitative estimate of drug-likeness (QED) is 0.431. The van der Waals surface area contributed by atoms with E-state index in [1.54, 1.807) is 30.3 Å². The standard InChI is InChI=1S/C21H26N4O4/c1-4-22-9-10-29-15-7-5-14(6-8-15)25-20(23-24-21(25)28)17-11-16(13(2)3)18(26)12-19(17)27/h5-8,11-13,22,26-27H,4,9-10H2,1-3H3,(H,24,28). The summed E-state index contributed by atoms with van der Waals surface area (Å²) in [5.74, 6) is 0.871. The summed E-state index contributed by atoms with van der Waals surface area (Å²) in [4.78, 5) is 0. The van der Waals surface area contributed by atoms with Crippen molar-refractivity contribution in [1.29, 1.82) is 0 Å². The van der Waals surface area contributed by atoms with Crippen molar-refractivity contribution in [2.45, 2.75) is 26.7 Å². The van der Waals surface area contributed by atoms with Crippen molar-refractivity contribution in [2.75, 3.05) is 19.7 Å². The molecule has 0 amide bonds. The number of phenols is 2. The predicted octanol–water partition coefficient (Wildman–Crippen LogP) is 3.16. The predicted molar refractivity (Wildman–Crippen MR) is 110 cm³/mol. The molecule has 2 aromatic carbocycles. The first-order valence-corrected chi connectivity index (χ1v) is 9.57. The van der Waals surface area contributed by atoms with Gasteiger partial charge in [-0.3, -0.25) is 0 Å². The van der Waals surface area contributed by atoms with Crippen LogP contribution in [0.3, 0.4) is 0 Å². The van der Waals surface area contributed by atoms with Crippen molar-refractivity contribution >= 4 is 0 Å². The smallest absolute Gasteiger partial charge is 0.319 e. The molecule has 0 radical (unpaired) electrons. The van der Waals surface area contributed by atoms with E-state index in [4.69, 9.17) is 4.74 Å². The highest BCUT2D eigenvalue weighted by Crippen LogP contribution is 2.38. The highest BCUT2D eigenvalue weighted by atomic mass is 16.5. The molecule has 154 valence electrons. The fraction of sp³-hybridized carbons (Fsp3) is 0.333. The molecule has 0 aliphatic carbocycles. The highest BCUT2D eigenvalue weighted by molar-refractivity contribution is 5.69. The molecule has 0 spiro atoms. The third kappa shape index (κ3) is 4.43. The molecule has 3 rings (SSSR count). The van der Waals surface area contributed by atoms with Gasteiger partial charge < -0.3 is 25.4 Å². The summed E-state index contributed by atoms with van der Waals surface area (Å²) in [5.41, 5.74) is 1.64. The Morgan fingerprint density at radius 3 is 2.41 bits per heavy atom. The molecule has 0 unspecified atom stereocenters. The number of benzene rings is 2. The molecule has 0 saturated carbocycles. The third-order valence-corrected chi connectivity index (χ3v) is 4.55. The van der Waals surface area contributed by atoms with Crippen molar-refractivity contribution in [3.63, 3.8) is 0 Å². The second kappa shape index (κ2) is 8.83. The number of aromatic nitrogens is 3. The van der Waals surface area contributed by atoms with Crippen LogP contribution in [0.25, 0.3) is 17.1 Å². The average Bonchev–Trinajstić information content (AvgIpc) is 3.07. The summed E-state index contributed by atoms with van der Waals surface area (Å²) in [5, 5.41) is 41.7. The minimum Gasteiger partial charge on any atom is -0.508 e. The third-order valence-electron chi connectivity index (χ3n) is 4.55. The number of rotatable bonds is 8. The number of aromatic hydroxyl groups is 3. The van der Waals surface area contributed by atoms with Gasteiger partial charge in [-0.25, -0.2) is 4.57 Å². The Hall–Kier alpha value is -3.26. The highest BCUT2D eigenvalue weighted by Gasteiger charge is 2.20. The minimum absolute atomic E-state index is 0.00982. The molecule has 1 aromatic heterocycles. The Morgan fingerprint density at radius 1 is 1.03 bits per heavy atom. The van der Waals surface area contributed by atoms with E-state index in [1.807, 2.05) is 20.8 Å². The molecule has 4 N–H and O–H groups in total. The fourth-order valence-corrected chi connectivity index (χ4v) is 3.03. The van der Waals surface area contributed by atoms with Crippen LogP contribution in [0.1, 0.15) is 32.3 Å². The molecule has 0 atom stereocenters. The van der Waals surface area contributed by atoms with E-state index in [0.717, 1.165) is 13.1 Å².